The Bertz CT molecular complexity index is 446. The fraction of sp³-hybridized carbons (Fsp3) is 0.467. The molecule has 1 atom stereocenters. The van der Waals surface area contributed by atoms with E-state index in [9.17, 15) is 9.59 Å². The van der Waals surface area contributed by atoms with Crippen LogP contribution in [0.1, 0.15) is 31.7 Å². The highest BCUT2D eigenvalue weighted by Crippen LogP contribution is 2.31. The van der Waals surface area contributed by atoms with Crippen LogP contribution < -0.4 is 0 Å². The lowest BCUT2D eigenvalue weighted by Gasteiger charge is -2.32. The smallest absolute Gasteiger partial charge is 0.410 e. The minimum atomic E-state index is -0.379. The van der Waals surface area contributed by atoms with Crippen LogP contribution in [-0.2, 0) is 16.1 Å². The van der Waals surface area contributed by atoms with Crippen molar-refractivity contribution in [3.05, 3.63) is 35.9 Å². The largest absolute Gasteiger partial charge is 0.445 e. The average molecular weight is 261 g/mol. The molecule has 1 aliphatic heterocycles. The van der Waals surface area contributed by atoms with Gasteiger partial charge in [-0.15, -0.1) is 0 Å². The van der Waals surface area contributed by atoms with Gasteiger partial charge in [0.15, 0.2) is 0 Å². The monoisotopic (exact) mass is 261 g/mol. The molecule has 1 saturated heterocycles. The van der Waals surface area contributed by atoms with Crippen molar-refractivity contribution in [2.75, 3.05) is 6.54 Å². The number of carbonyl (C=O) groups excluding carboxylic acids is 2. The second kappa shape index (κ2) is 5.87. The molecule has 4 heteroatoms. The fourth-order valence-electron chi connectivity index (χ4n) is 2.52. The topological polar surface area (TPSA) is 46.6 Å². The van der Waals surface area contributed by atoms with Gasteiger partial charge in [-0.1, -0.05) is 30.3 Å². The Morgan fingerprint density at radius 1 is 1.42 bits per heavy atom. The Morgan fingerprint density at radius 2 is 2.16 bits per heavy atom. The lowest BCUT2D eigenvalue weighted by Crippen LogP contribution is -2.45. The van der Waals surface area contributed by atoms with Gasteiger partial charge in [0.05, 0.1) is 5.54 Å². The molecule has 0 aliphatic carbocycles. The molecule has 1 aromatic carbocycles. The first-order chi connectivity index (χ1) is 9.15. The molecule has 102 valence electrons. The minimum absolute atomic E-state index is 0.271. The summed E-state index contributed by atoms with van der Waals surface area (Å²) in [5.41, 5.74) is 0.585. The molecule has 0 saturated carbocycles. The van der Waals surface area contributed by atoms with E-state index in [0.717, 1.165) is 24.7 Å². The van der Waals surface area contributed by atoms with Crippen molar-refractivity contribution >= 4 is 12.4 Å². The molecule has 2 rings (SSSR count). The number of ether oxygens (including phenoxy) is 1. The van der Waals surface area contributed by atoms with Gasteiger partial charge in [0.2, 0.25) is 0 Å². The van der Waals surface area contributed by atoms with Crippen LogP contribution in [0.25, 0.3) is 0 Å². The van der Waals surface area contributed by atoms with Gasteiger partial charge in [-0.2, -0.15) is 0 Å². The van der Waals surface area contributed by atoms with E-state index in [2.05, 4.69) is 0 Å². The lowest BCUT2D eigenvalue weighted by atomic mass is 9.96. The summed E-state index contributed by atoms with van der Waals surface area (Å²) in [6, 6.07) is 9.59. The molecule has 4 nitrogen and oxygen atoms in total. The van der Waals surface area contributed by atoms with E-state index < -0.39 is 0 Å². The normalized spacial score (nSPS) is 22.3. The Labute approximate surface area is 113 Å². The molecule has 1 aromatic rings. The number of hydrogen-bond acceptors (Lipinski definition) is 3. The number of carbonyl (C=O) groups is 2. The van der Waals surface area contributed by atoms with Crippen molar-refractivity contribution in [2.45, 2.75) is 38.3 Å². The van der Waals surface area contributed by atoms with E-state index in [1.54, 1.807) is 4.90 Å². The van der Waals surface area contributed by atoms with Gasteiger partial charge >= 0.3 is 6.09 Å². The van der Waals surface area contributed by atoms with Crippen molar-refractivity contribution < 1.29 is 14.3 Å². The summed E-state index contributed by atoms with van der Waals surface area (Å²) in [5.74, 6) is 0. The predicted octanol–water partition coefficient (Wildman–Crippen LogP) is 2.77. The van der Waals surface area contributed by atoms with Gasteiger partial charge in [-0.05, 0) is 25.3 Å². The van der Waals surface area contributed by atoms with E-state index in [1.165, 1.54) is 0 Å². The van der Waals surface area contributed by atoms with Gasteiger partial charge in [-0.25, -0.2) is 4.79 Å². The minimum Gasteiger partial charge on any atom is -0.445 e. The molecule has 1 fully saturated rings. The SMILES string of the molecule is CC1(CC=O)CCCN1C(=O)OCc1ccccc1. The molecular weight excluding hydrogens is 242 g/mol. The molecule has 1 amide bonds. The van der Waals surface area contributed by atoms with Crippen LogP contribution in [0.15, 0.2) is 30.3 Å². The second-order valence-electron chi connectivity index (χ2n) is 5.16. The van der Waals surface area contributed by atoms with Crippen LogP contribution in [0.4, 0.5) is 4.79 Å². The summed E-state index contributed by atoms with van der Waals surface area (Å²) in [6.45, 7) is 2.88. The number of likely N-dealkylation sites (tertiary alicyclic amines) is 1. The molecule has 0 N–H and O–H groups in total. The summed E-state index contributed by atoms with van der Waals surface area (Å²) in [6.07, 6.45) is 2.69. The highest BCUT2D eigenvalue weighted by molar-refractivity contribution is 5.70. The highest BCUT2D eigenvalue weighted by atomic mass is 16.6. The molecule has 0 aromatic heterocycles. The quantitative estimate of drug-likeness (QED) is 0.783. The summed E-state index contributed by atoms with van der Waals surface area (Å²) in [7, 11) is 0. The third-order valence-corrected chi connectivity index (χ3v) is 3.70. The fourth-order valence-corrected chi connectivity index (χ4v) is 2.52. The Kier molecular flexibility index (Phi) is 4.20. The average Bonchev–Trinajstić information content (AvgIpc) is 2.79. The van der Waals surface area contributed by atoms with Crippen LogP contribution in [0.5, 0.6) is 0 Å². The first-order valence-corrected chi connectivity index (χ1v) is 6.58. The maximum atomic E-state index is 12.1. The number of nitrogens with zero attached hydrogens (tertiary/aromatic N) is 1. The number of aldehydes is 1. The standard InChI is InChI=1S/C15H19NO3/c1-15(9-11-17)8-5-10-16(15)14(18)19-12-13-6-3-2-4-7-13/h2-4,6-7,11H,5,8-10,12H2,1H3. The Hall–Kier alpha value is -1.84. The molecule has 1 unspecified atom stereocenters. The molecule has 1 aliphatic rings. The van der Waals surface area contributed by atoms with Gasteiger partial charge in [-0.3, -0.25) is 0 Å². The number of benzene rings is 1. The molecule has 1 heterocycles. The third kappa shape index (κ3) is 3.13. The first kappa shape index (κ1) is 13.6. The van der Waals surface area contributed by atoms with Gasteiger partial charge in [0.1, 0.15) is 12.9 Å². The van der Waals surface area contributed by atoms with Crippen LogP contribution in [-0.4, -0.2) is 29.4 Å². The van der Waals surface area contributed by atoms with Gasteiger partial charge < -0.3 is 14.4 Å². The summed E-state index contributed by atoms with van der Waals surface area (Å²) in [4.78, 5) is 24.5. The molecule has 0 bridgehead atoms. The molecular formula is C15H19NO3. The first-order valence-electron chi connectivity index (χ1n) is 6.58. The molecule has 0 spiro atoms. The zero-order chi connectivity index (χ0) is 13.7. The predicted molar refractivity (Wildman–Crippen MR) is 71.7 cm³/mol. The molecule has 0 radical (unpaired) electrons. The van der Waals surface area contributed by atoms with Crippen molar-refractivity contribution in [3.8, 4) is 0 Å². The van der Waals surface area contributed by atoms with E-state index in [1.807, 2.05) is 37.3 Å². The van der Waals surface area contributed by atoms with Gasteiger partial charge in [0.25, 0.3) is 0 Å². The van der Waals surface area contributed by atoms with Crippen molar-refractivity contribution in [1.82, 2.24) is 4.90 Å². The van der Waals surface area contributed by atoms with Crippen LogP contribution in [0.2, 0.25) is 0 Å². The second-order valence-corrected chi connectivity index (χ2v) is 5.16. The summed E-state index contributed by atoms with van der Waals surface area (Å²) >= 11 is 0. The maximum absolute atomic E-state index is 12.1. The van der Waals surface area contributed by atoms with E-state index >= 15 is 0 Å². The Morgan fingerprint density at radius 3 is 2.84 bits per heavy atom. The van der Waals surface area contributed by atoms with Crippen molar-refractivity contribution in [1.29, 1.82) is 0 Å². The van der Waals surface area contributed by atoms with E-state index in [-0.39, 0.29) is 18.2 Å². The number of amides is 1. The summed E-state index contributed by atoms with van der Waals surface area (Å²) < 4.78 is 5.32. The van der Waals surface area contributed by atoms with E-state index in [4.69, 9.17) is 4.74 Å². The third-order valence-electron chi connectivity index (χ3n) is 3.70. The van der Waals surface area contributed by atoms with E-state index in [0.29, 0.717) is 13.0 Å². The van der Waals surface area contributed by atoms with Crippen molar-refractivity contribution in [3.63, 3.8) is 0 Å². The van der Waals surface area contributed by atoms with Crippen LogP contribution in [0, 0.1) is 0 Å². The maximum Gasteiger partial charge on any atom is 0.410 e. The zero-order valence-electron chi connectivity index (χ0n) is 11.2. The van der Waals surface area contributed by atoms with Crippen LogP contribution >= 0.6 is 0 Å². The van der Waals surface area contributed by atoms with Gasteiger partial charge in [0, 0.05) is 13.0 Å². The summed E-state index contributed by atoms with van der Waals surface area (Å²) in [5, 5.41) is 0. The zero-order valence-corrected chi connectivity index (χ0v) is 11.2. The lowest BCUT2D eigenvalue weighted by molar-refractivity contribution is -0.109. The Balaban J connectivity index is 1.94. The highest BCUT2D eigenvalue weighted by Gasteiger charge is 2.40. The van der Waals surface area contributed by atoms with Crippen LogP contribution in [0.3, 0.4) is 0 Å². The van der Waals surface area contributed by atoms with Crippen molar-refractivity contribution in [2.24, 2.45) is 0 Å². The number of rotatable bonds is 4. The number of hydrogen-bond donors (Lipinski definition) is 0. The molecule has 19 heavy (non-hydrogen) atoms.